The Bertz CT molecular complexity index is 568. The van der Waals surface area contributed by atoms with Crippen molar-refractivity contribution in [3.63, 3.8) is 0 Å². The second kappa shape index (κ2) is 4.59. The molecule has 3 rings (SSSR count). The van der Waals surface area contributed by atoms with Gasteiger partial charge in [0.15, 0.2) is 0 Å². The van der Waals surface area contributed by atoms with E-state index in [0.717, 1.165) is 28.3 Å². The van der Waals surface area contributed by atoms with Crippen LogP contribution in [-0.4, -0.2) is 33.6 Å². The van der Waals surface area contributed by atoms with E-state index in [1.807, 2.05) is 11.8 Å². The molecule has 2 aromatic heterocycles. The normalized spacial score (nSPS) is 24.7. The molecule has 2 N–H and O–H groups in total. The summed E-state index contributed by atoms with van der Waals surface area (Å²) >= 11 is 3.64. The third-order valence-electron chi connectivity index (χ3n) is 3.48. The molecule has 0 amide bonds. The van der Waals surface area contributed by atoms with E-state index in [2.05, 4.69) is 40.2 Å². The lowest BCUT2D eigenvalue weighted by molar-refractivity contribution is 0.622. The summed E-state index contributed by atoms with van der Waals surface area (Å²) in [7, 11) is 0. The first-order valence-electron chi connectivity index (χ1n) is 6.06. The van der Waals surface area contributed by atoms with Gasteiger partial charge in [0.1, 0.15) is 10.6 Å². The molecule has 0 saturated carbocycles. The van der Waals surface area contributed by atoms with Gasteiger partial charge in [0, 0.05) is 23.6 Å². The van der Waals surface area contributed by atoms with Gasteiger partial charge in [0.25, 0.3) is 0 Å². The van der Waals surface area contributed by atoms with Crippen LogP contribution in [0, 0.1) is 0 Å². The van der Waals surface area contributed by atoms with Gasteiger partial charge in [-0.1, -0.05) is 6.92 Å². The quantitative estimate of drug-likeness (QED) is 0.870. The number of nitrogens with zero attached hydrogens (tertiary/aromatic N) is 3. The van der Waals surface area contributed by atoms with Crippen LogP contribution in [0.25, 0.3) is 10.2 Å². The molecule has 3 heterocycles. The van der Waals surface area contributed by atoms with Crippen molar-refractivity contribution < 1.29 is 0 Å². The Labute approximate surface area is 115 Å². The van der Waals surface area contributed by atoms with E-state index in [9.17, 15) is 0 Å². The van der Waals surface area contributed by atoms with Crippen LogP contribution in [0.15, 0.2) is 11.4 Å². The summed E-state index contributed by atoms with van der Waals surface area (Å²) in [5.74, 6) is 2.51. The van der Waals surface area contributed by atoms with Gasteiger partial charge >= 0.3 is 0 Å². The number of aromatic nitrogens is 2. The molecule has 18 heavy (non-hydrogen) atoms. The van der Waals surface area contributed by atoms with Crippen LogP contribution in [0.3, 0.4) is 0 Å². The number of anilines is 2. The van der Waals surface area contributed by atoms with Crippen LogP contribution in [0.2, 0.25) is 0 Å². The smallest absolute Gasteiger partial charge is 0.223 e. The fourth-order valence-electron chi connectivity index (χ4n) is 2.31. The van der Waals surface area contributed by atoms with Crippen molar-refractivity contribution in [2.24, 2.45) is 0 Å². The van der Waals surface area contributed by atoms with E-state index in [0.29, 0.717) is 17.2 Å². The lowest BCUT2D eigenvalue weighted by Gasteiger charge is -2.38. The van der Waals surface area contributed by atoms with E-state index < -0.39 is 0 Å². The first-order valence-corrected chi connectivity index (χ1v) is 7.98. The van der Waals surface area contributed by atoms with Crippen LogP contribution in [-0.2, 0) is 0 Å². The zero-order chi connectivity index (χ0) is 12.7. The predicted octanol–water partition coefficient (Wildman–Crippen LogP) is 2.60. The van der Waals surface area contributed by atoms with Gasteiger partial charge in [-0.05, 0) is 18.4 Å². The Morgan fingerprint density at radius 1 is 1.39 bits per heavy atom. The number of fused-ring (bicyclic) bond motifs is 1. The van der Waals surface area contributed by atoms with Gasteiger partial charge in [-0.25, -0.2) is 4.98 Å². The molecular formula is C12H16N4S2. The molecule has 2 unspecified atom stereocenters. The molecule has 96 valence electrons. The molecule has 1 aliphatic heterocycles. The number of thioether (sulfide) groups is 1. The molecule has 2 atom stereocenters. The summed E-state index contributed by atoms with van der Waals surface area (Å²) in [5.41, 5.74) is 5.82. The number of hydrogen-bond donors (Lipinski definition) is 1. The molecular weight excluding hydrogens is 264 g/mol. The molecule has 6 heteroatoms. The summed E-state index contributed by atoms with van der Waals surface area (Å²) in [6.45, 7) is 5.56. The Hall–Kier alpha value is -1.01. The van der Waals surface area contributed by atoms with Crippen molar-refractivity contribution in [1.82, 2.24) is 9.97 Å². The Balaban J connectivity index is 2.10. The van der Waals surface area contributed by atoms with Gasteiger partial charge < -0.3 is 10.6 Å². The highest BCUT2D eigenvalue weighted by Crippen LogP contribution is 2.34. The summed E-state index contributed by atoms with van der Waals surface area (Å²) in [6, 6.07) is 2.56. The minimum atomic E-state index is 0.373. The number of hydrogen-bond acceptors (Lipinski definition) is 6. The van der Waals surface area contributed by atoms with Crippen molar-refractivity contribution in [2.75, 3.05) is 22.9 Å². The summed E-state index contributed by atoms with van der Waals surface area (Å²) in [6.07, 6.45) is 0. The van der Waals surface area contributed by atoms with Crippen molar-refractivity contribution in [1.29, 1.82) is 0 Å². The lowest BCUT2D eigenvalue weighted by Crippen LogP contribution is -2.45. The molecule has 0 spiro atoms. The third kappa shape index (κ3) is 1.93. The predicted molar refractivity (Wildman–Crippen MR) is 80.6 cm³/mol. The number of thiophene rings is 1. The molecule has 0 aliphatic carbocycles. The fraction of sp³-hybridized carbons (Fsp3) is 0.500. The number of rotatable bonds is 1. The van der Waals surface area contributed by atoms with Crippen molar-refractivity contribution in [3.8, 4) is 0 Å². The molecule has 0 radical (unpaired) electrons. The zero-order valence-electron chi connectivity index (χ0n) is 10.5. The standard InChI is InChI=1S/C12H16N4S2/c1-7-8(2)17-6-4-16(7)10-9-3-5-18-11(9)15-12(13)14-10/h3,5,7-8H,4,6H2,1-2H3,(H2,13,14,15). The summed E-state index contributed by atoms with van der Waals surface area (Å²) < 4.78 is 0. The van der Waals surface area contributed by atoms with Crippen LogP contribution in [0.1, 0.15) is 13.8 Å². The highest BCUT2D eigenvalue weighted by atomic mass is 32.2. The zero-order valence-corrected chi connectivity index (χ0v) is 12.1. The minimum absolute atomic E-state index is 0.373. The van der Waals surface area contributed by atoms with E-state index in [1.165, 1.54) is 0 Å². The van der Waals surface area contributed by atoms with E-state index in [-0.39, 0.29) is 0 Å². The molecule has 1 saturated heterocycles. The van der Waals surface area contributed by atoms with E-state index >= 15 is 0 Å². The average molecular weight is 280 g/mol. The first kappa shape index (κ1) is 12.0. The minimum Gasteiger partial charge on any atom is -0.368 e. The van der Waals surface area contributed by atoms with Crippen LogP contribution < -0.4 is 10.6 Å². The van der Waals surface area contributed by atoms with Crippen molar-refractivity contribution in [2.45, 2.75) is 25.1 Å². The number of nitrogens with two attached hydrogens (primary N) is 1. The van der Waals surface area contributed by atoms with Crippen LogP contribution >= 0.6 is 23.1 Å². The Morgan fingerprint density at radius 2 is 2.22 bits per heavy atom. The maximum absolute atomic E-state index is 5.82. The summed E-state index contributed by atoms with van der Waals surface area (Å²) in [4.78, 5) is 12.1. The van der Waals surface area contributed by atoms with Gasteiger partial charge in [0.2, 0.25) is 5.95 Å². The van der Waals surface area contributed by atoms with Gasteiger partial charge in [-0.2, -0.15) is 16.7 Å². The topological polar surface area (TPSA) is 55.0 Å². The molecule has 0 aromatic carbocycles. The average Bonchev–Trinajstić information content (AvgIpc) is 2.79. The molecule has 0 bridgehead atoms. The molecule has 2 aromatic rings. The monoisotopic (exact) mass is 280 g/mol. The maximum Gasteiger partial charge on any atom is 0.223 e. The highest BCUT2D eigenvalue weighted by molar-refractivity contribution is 8.00. The number of nitrogen functional groups attached to an aromatic ring is 1. The van der Waals surface area contributed by atoms with Crippen LogP contribution in [0.4, 0.5) is 11.8 Å². The van der Waals surface area contributed by atoms with Crippen LogP contribution in [0.5, 0.6) is 0 Å². The van der Waals surface area contributed by atoms with Gasteiger partial charge in [-0.15, -0.1) is 11.3 Å². The van der Waals surface area contributed by atoms with E-state index in [4.69, 9.17) is 5.73 Å². The second-order valence-corrected chi connectivity index (χ2v) is 6.93. The lowest BCUT2D eigenvalue weighted by atomic mass is 10.2. The summed E-state index contributed by atoms with van der Waals surface area (Å²) in [5, 5.41) is 3.79. The Morgan fingerprint density at radius 3 is 3.06 bits per heavy atom. The maximum atomic E-state index is 5.82. The molecule has 1 aliphatic rings. The van der Waals surface area contributed by atoms with E-state index in [1.54, 1.807) is 11.3 Å². The van der Waals surface area contributed by atoms with Crippen molar-refractivity contribution in [3.05, 3.63) is 11.4 Å². The van der Waals surface area contributed by atoms with Crippen molar-refractivity contribution >= 4 is 45.1 Å². The Kier molecular flexibility index (Phi) is 3.07. The first-order chi connectivity index (χ1) is 8.66. The fourth-order valence-corrected chi connectivity index (χ4v) is 4.17. The van der Waals surface area contributed by atoms with Gasteiger partial charge in [-0.3, -0.25) is 0 Å². The van der Waals surface area contributed by atoms with Gasteiger partial charge in [0.05, 0.1) is 5.39 Å². The molecule has 4 nitrogen and oxygen atoms in total. The highest BCUT2D eigenvalue weighted by Gasteiger charge is 2.27. The molecule has 1 fully saturated rings. The SMILES string of the molecule is CC1SCCN(c2nc(N)nc3sccc23)C1C. The largest absolute Gasteiger partial charge is 0.368 e. The second-order valence-electron chi connectivity index (χ2n) is 4.55. The third-order valence-corrected chi connectivity index (χ3v) is 5.62.